The Kier molecular flexibility index (Phi) is 4.35. The first-order chi connectivity index (χ1) is 7.29. The molecule has 0 fully saturated rings. The third kappa shape index (κ3) is 4.12. The summed E-state index contributed by atoms with van der Waals surface area (Å²) in [6.45, 7) is 6.71. The SMILES string of the molecule is CC(C)(C)NCC(O)c1ccc(Br)c(N)c1. The van der Waals surface area contributed by atoms with Crippen molar-refractivity contribution >= 4 is 21.6 Å². The molecule has 0 aliphatic heterocycles. The first-order valence-corrected chi connectivity index (χ1v) is 6.07. The average molecular weight is 287 g/mol. The number of aliphatic hydroxyl groups is 1. The Morgan fingerprint density at radius 2 is 2.06 bits per heavy atom. The summed E-state index contributed by atoms with van der Waals surface area (Å²) in [4.78, 5) is 0. The predicted molar refractivity (Wildman–Crippen MR) is 71.3 cm³/mol. The molecule has 0 aliphatic rings. The largest absolute Gasteiger partial charge is 0.398 e. The summed E-state index contributed by atoms with van der Waals surface area (Å²) >= 11 is 3.33. The molecule has 0 aliphatic carbocycles. The van der Waals surface area contributed by atoms with Crippen LogP contribution in [0.25, 0.3) is 0 Å². The summed E-state index contributed by atoms with van der Waals surface area (Å²) in [6, 6.07) is 5.51. The van der Waals surface area contributed by atoms with Crippen molar-refractivity contribution < 1.29 is 5.11 Å². The van der Waals surface area contributed by atoms with Crippen molar-refractivity contribution in [3.63, 3.8) is 0 Å². The standard InChI is InChI=1S/C12H19BrN2O/c1-12(2,3)15-7-11(16)8-4-5-9(13)10(14)6-8/h4-6,11,15-16H,7,14H2,1-3H3. The zero-order chi connectivity index (χ0) is 12.3. The van der Waals surface area contributed by atoms with Crippen LogP contribution in [0.2, 0.25) is 0 Å². The van der Waals surface area contributed by atoms with Gasteiger partial charge in [0, 0.05) is 22.2 Å². The van der Waals surface area contributed by atoms with Crippen molar-refractivity contribution in [2.24, 2.45) is 0 Å². The normalized spacial score (nSPS) is 13.8. The molecule has 1 aromatic rings. The van der Waals surface area contributed by atoms with Crippen LogP contribution < -0.4 is 11.1 Å². The Balaban J connectivity index is 2.66. The summed E-state index contributed by atoms with van der Waals surface area (Å²) in [5.41, 5.74) is 7.24. The highest BCUT2D eigenvalue weighted by atomic mass is 79.9. The van der Waals surface area contributed by atoms with Crippen LogP contribution >= 0.6 is 15.9 Å². The lowest BCUT2D eigenvalue weighted by Gasteiger charge is -2.23. The van der Waals surface area contributed by atoms with E-state index in [0.29, 0.717) is 12.2 Å². The quantitative estimate of drug-likeness (QED) is 0.748. The van der Waals surface area contributed by atoms with Crippen LogP contribution in [-0.2, 0) is 0 Å². The maximum atomic E-state index is 9.97. The van der Waals surface area contributed by atoms with Gasteiger partial charge in [0.25, 0.3) is 0 Å². The molecule has 1 rings (SSSR count). The smallest absolute Gasteiger partial charge is 0.0915 e. The van der Waals surface area contributed by atoms with Gasteiger partial charge in [0.1, 0.15) is 0 Å². The number of anilines is 1. The minimum Gasteiger partial charge on any atom is -0.398 e. The van der Waals surface area contributed by atoms with Crippen LogP contribution in [0.5, 0.6) is 0 Å². The van der Waals surface area contributed by atoms with E-state index in [9.17, 15) is 5.11 Å². The Morgan fingerprint density at radius 3 is 2.56 bits per heavy atom. The highest BCUT2D eigenvalue weighted by molar-refractivity contribution is 9.10. The summed E-state index contributed by atoms with van der Waals surface area (Å²) in [5, 5.41) is 13.2. The minimum absolute atomic E-state index is 0.00187. The van der Waals surface area contributed by atoms with Crippen molar-refractivity contribution in [2.75, 3.05) is 12.3 Å². The molecule has 3 nitrogen and oxygen atoms in total. The molecule has 0 saturated carbocycles. The fourth-order valence-corrected chi connectivity index (χ4v) is 1.54. The number of nitrogen functional groups attached to an aromatic ring is 1. The van der Waals surface area contributed by atoms with Gasteiger partial charge in [-0.1, -0.05) is 6.07 Å². The van der Waals surface area contributed by atoms with E-state index >= 15 is 0 Å². The van der Waals surface area contributed by atoms with E-state index in [1.54, 1.807) is 6.07 Å². The van der Waals surface area contributed by atoms with Gasteiger partial charge in [-0.15, -0.1) is 0 Å². The van der Waals surface area contributed by atoms with E-state index in [-0.39, 0.29) is 5.54 Å². The Hall–Kier alpha value is -0.580. The van der Waals surface area contributed by atoms with Gasteiger partial charge < -0.3 is 16.2 Å². The summed E-state index contributed by atoms with van der Waals surface area (Å²) in [6.07, 6.45) is -0.533. The van der Waals surface area contributed by atoms with Crippen LogP contribution in [0.1, 0.15) is 32.4 Å². The van der Waals surface area contributed by atoms with Gasteiger partial charge in [0.15, 0.2) is 0 Å². The highest BCUT2D eigenvalue weighted by Crippen LogP contribution is 2.23. The lowest BCUT2D eigenvalue weighted by molar-refractivity contribution is 0.163. The molecule has 4 N–H and O–H groups in total. The van der Waals surface area contributed by atoms with Crippen LogP contribution in [0, 0.1) is 0 Å². The van der Waals surface area contributed by atoms with E-state index in [1.165, 1.54) is 0 Å². The third-order valence-corrected chi connectivity index (χ3v) is 2.95. The second kappa shape index (κ2) is 5.17. The number of rotatable bonds is 3. The highest BCUT2D eigenvalue weighted by Gasteiger charge is 2.14. The van der Waals surface area contributed by atoms with E-state index < -0.39 is 6.10 Å². The molecule has 1 unspecified atom stereocenters. The van der Waals surface area contributed by atoms with Crippen LogP contribution in [0.3, 0.4) is 0 Å². The predicted octanol–water partition coefficient (Wildman–Crippen LogP) is 2.45. The molecule has 0 spiro atoms. The molecule has 4 heteroatoms. The molecule has 90 valence electrons. The minimum atomic E-state index is -0.533. The second-order valence-electron chi connectivity index (χ2n) is 4.93. The fourth-order valence-electron chi connectivity index (χ4n) is 1.29. The lowest BCUT2D eigenvalue weighted by Crippen LogP contribution is -2.38. The molecule has 16 heavy (non-hydrogen) atoms. The van der Waals surface area contributed by atoms with E-state index in [1.807, 2.05) is 12.1 Å². The van der Waals surface area contributed by atoms with Gasteiger partial charge in [0.05, 0.1) is 6.10 Å². The van der Waals surface area contributed by atoms with Crippen molar-refractivity contribution in [3.8, 4) is 0 Å². The van der Waals surface area contributed by atoms with Gasteiger partial charge in [-0.25, -0.2) is 0 Å². The van der Waals surface area contributed by atoms with Gasteiger partial charge >= 0.3 is 0 Å². The van der Waals surface area contributed by atoms with Gasteiger partial charge in [-0.05, 0) is 54.4 Å². The topological polar surface area (TPSA) is 58.3 Å². The molecule has 0 heterocycles. The number of nitrogens with two attached hydrogens (primary N) is 1. The molecular formula is C12H19BrN2O. The Morgan fingerprint density at radius 1 is 1.44 bits per heavy atom. The number of hydrogen-bond acceptors (Lipinski definition) is 3. The number of halogens is 1. The van der Waals surface area contributed by atoms with Crippen LogP contribution in [0.4, 0.5) is 5.69 Å². The number of β-amino-alcohol motifs (C(OH)–C–C–N with tert-alkyl or cyclic N) is 1. The zero-order valence-electron chi connectivity index (χ0n) is 9.92. The van der Waals surface area contributed by atoms with Crippen molar-refractivity contribution in [1.29, 1.82) is 0 Å². The molecule has 1 atom stereocenters. The van der Waals surface area contributed by atoms with Gasteiger partial charge in [0.2, 0.25) is 0 Å². The van der Waals surface area contributed by atoms with Gasteiger partial charge in [-0.2, -0.15) is 0 Å². The zero-order valence-corrected chi connectivity index (χ0v) is 11.5. The second-order valence-corrected chi connectivity index (χ2v) is 5.78. The van der Waals surface area contributed by atoms with Crippen LogP contribution in [-0.4, -0.2) is 17.2 Å². The first kappa shape index (κ1) is 13.5. The lowest BCUT2D eigenvalue weighted by atomic mass is 10.1. The van der Waals surface area contributed by atoms with Crippen molar-refractivity contribution in [2.45, 2.75) is 32.4 Å². The van der Waals surface area contributed by atoms with Crippen molar-refractivity contribution in [3.05, 3.63) is 28.2 Å². The molecule has 0 bridgehead atoms. The number of nitrogens with one attached hydrogen (secondary N) is 1. The van der Waals surface area contributed by atoms with E-state index in [4.69, 9.17) is 5.73 Å². The molecule has 0 amide bonds. The number of hydrogen-bond donors (Lipinski definition) is 3. The van der Waals surface area contributed by atoms with Crippen LogP contribution in [0.15, 0.2) is 22.7 Å². The molecular weight excluding hydrogens is 268 g/mol. The molecule has 0 aromatic heterocycles. The summed E-state index contributed by atoms with van der Waals surface area (Å²) < 4.78 is 0.854. The fraction of sp³-hybridized carbons (Fsp3) is 0.500. The molecule has 0 saturated heterocycles. The number of aliphatic hydroxyl groups excluding tert-OH is 1. The first-order valence-electron chi connectivity index (χ1n) is 5.27. The number of benzene rings is 1. The van der Waals surface area contributed by atoms with E-state index in [0.717, 1.165) is 10.0 Å². The van der Waals surface area contributed by atoms with Gasteiger partial charge in [-0.3, -0.25) is 0 Å². The molecule has 1 aromatic carbocycles. The summed E-state index contributed by atoms with van der Waals surface area (Å²) in [5.74, 6) is 0. The monoisotopic (exact) mass is 286 g/mol. The Bertz CT molecular complexity index is 361. The third-order valence-electron chi connectivity index (χ3n) is 2.23. The maximum Gasteiger partial charge on any atom is 0.0915 e. The maximum absolute atomic E-state index is 9.97. The Labute approximate surface area is 105 Å². The summed E-state index contributed by atoms with van der Waals surface area (Å²) in [7, 11) is 0. The van der Waals surface area contributed by atoms with Crippen molar-refractivity contribution in [1.82, 2.24) is 5.32 Å². The molecule has 0 radical (unpaired) electrons. The van der Waals surface area contributed by atoms with E-state index in [2.05, 4.69) is 42.0 Å². The average Bonchev–Trinajstić information content (AvgIpc) is 2.17.